The van der Waals surface area contributed by atoms with Gasteiger partial charge < -0.3 is 14.4 Å². The summed E-state index contributed by atoms with van der Waals surface area (Å²) in [6.45, 7) is 4.09. The third-order valence-electron chi connectivity index (χ3n) is 2.70. The summed E-state index contributed by atoms with van der Waals surface area (Å²) in [6, 6.07) is 5.84. The SMILES string of the molecule is CCOP(=O)(Cc1ccc(C(=O)NC(=O)NC)cc1)OCC. The maximum absolute atomic E-state index is 12.4. The highest BCUT2D eigenvalue weighted by molar-refractivity contribution is 7.53. The molecule has 0 aliphatic heterocycles. The van der Waals surface area contributed by atoms with E-state index in [1.165, 1.54) is 7.05 Å². The van der Waals surface area contributed by atoms with Gasteiger partial charge in [0.1, 0.15) is 0 Å². The van der Waals surface area contributed by atoms with Crippen LogP contribution in [0.3, 0.4) is 0 Å². The monoisotopic (exact) mass is 328 g/mol. The number of carbonyl (C=O) groups is 2. The standard InChI is InChI=1S/C14H21N2O5P/c1-4-20-22(19,21-5-2)10-11-6-8-12(9-7-11)13(17)16-14(18)15-3/h6-9H,4-5,10H2,1-3H3,(H2,15,16,17,18). The molecule has 0 unspecified atom stereocenters. The Morgan fingerprint density at radius 1 is 1.09 bits per heavy atom. The average molecular weight is 328 g/mol. The molecule has 0 heterocycles. The van der Waals surface area contributed by atoms with Crippen LogP contribution in [0.25, 0.3) is 0 Å². The summed E-state index contributed by atoms with van der Waals surface area (Å²) >= 11 is 0. The third kappa shape index (κ3) is 5.60. The molecule has 0 bridgehead atoms. The van der Waals surface area contributed by atoms with E-state index in [0.717, 1.165) is 5.56 Å². The molecule has 2 N–H and O–H groups in total. The van der Waals surface area contributed by atoms with E-state index in [9.17, 15) is 14.2 Å². The van der Waals surface area contributed by atoms with Crippen molar-refractivity contribution in [2.24, 2.45) is 0 Å². The van der Waals surface area contributed by atoms with E-state index in [1.807, 2.05) is 0 Å². The van der Waals surface area contributed by atoms with Crippen LogP contribution >= 0.6 is 7.60 Å². The molecular weight excluding hydrogens is 307 g/mol. The number of hydrogen-bond donors (Lipinski definition) is 2. The molecule has 0 aliphatic carbocycles. The Hall–Kier alpha value is -1.69. The molecule has 0 saturated carbocycles. The summed E-state index contributed by atoms with van der Waals surface area (Å²) in [5.41, 5.74) is 1.05. The fourth-order valence-corrected chi connectivity index (χ4v) is 3.45. The van der Waals surface area contributed by atoms with E-state index >= 15 is 0 Å². The molecule has 0 atom stereocenters. The van der Waals surface area contributed by atoms with Crippen molar-refractivity contribution in [3.8, 4) is 0 Å². The summed E-state index contributed by atoms with van der Waals surface area (Å²) in [7, 11) is -1.75. The van der Waals surface area contributed by atoms with Crippen molar-refractivity contribution in [1.29, 1.82) is 0 Å². The second kappa shape index (κ2) is 8.68. The van der Waals surface area contributed by atoms with Crippen LogP contribution in [0.4, 0.5) is 4.79 Å². The van der Waals surface area contributed by atoms with E-state index in [1.54, 1.807) is 38.1 Å². The summed E-state index contributed by atoms with van der Waals surface area (Å²) in [4.78, 5) is 22.8. The van der Waals surface area contributed by atoms with Crippen molar-refractivity contribution in [2.45, 2.75) is 20.0 Å². The lowest BCUT2D eigenvalue weighted by Crippen LogP contribution is -2.37. The molecule has 1 aromatic rings. The van der Waals surface area contributed by atoms with Crippen LogP contribution in [-0.4, -0.2) is 32.2 Å². The Kier molecular flexibility index (Phi) is 7.24. The van der Waals surface area contributed by atoms with Gasteiger partial charge in [0.25, 0.3) is 5.91 Å². The van der Waals surface area contributed by atoms with Crippen LogP contribution in [0.2, 0.25) is 0 Å². The predicted octanol–water partition coefficient (Wildman–Crippen LogP) is 2.52. The number of urea groups is 1. The molecule has 3 amide bonds. The van der Waals surface area contributed by atoms with Crippen LogP contribution in [-0.2, 0) is 19.8 Å². The Labute approximate surface area is 129 Å². The molecule has 0 radical (unpaired) electrons. The molecular formula is C14H21N2O5P. The maximum Gasteiger partial charge on any atom is 0.335 e. The molecule has 0 saturated heterocycles. The summed E-state index contributed by atoms with van der Waals surface area (Å²) < 4.78 is 22.8. The van der Waals surface area contributed by atoms with Crippen LogP contribution in [0.1, 0.15) is 29.8 Å². The number of imide groups is 1. The minimum atomic E-state index is -3.17. The Bertz CT molecular complexity index is 549. The van der Waals surface area contributed by atoms with Crippen LogP contribution in [0, 0.1) is 0 Å². The minimum absolute atomic E-state index is 0.131. The number of rotatable bonds is 7. The van der Waals surface area contributed by atoms with Crippen LogP contribution < -0.4 is 10.6 Å². The maximum atomic E-state index is 12.4. The lowest BCUT2D eigenvalue weighted by Gasteiger charge is -2.17. The fourth-order valence-electron chi connectivity index (χ4n) is 1.74. The van der Waals surface area contributed by atoms with Gasteiger partial charge in [-0.05, 0) is 31.5 Å². The van der Waals surface area contributed by atoms with Crippen molar-refractivity contribution in [2.75, 3.05) is 20.3 Å². The summed E-state index contributed by atoms with van der Waals surface area (Å²) in [5, 5.41) is 4.46. The zero-order valence-electron chi connectivity index (χ0n) is 12.9. The minimum Gasteiger partial charge on any atom is -0.341 e. The second-order valence-corrected chi connectivity index (χ2v) is 6.39. The Morgan fingerprint density at radius 3 is 2.09 bits per heavy atom. The van der Waals surface area contributed by atoms with Crippen molar-refractivity contribution < 1.29 is 23.2 Å². The molecule has 1 aromatic carbocycles. The van der Waals surface area contributed by atoms with Gasteiger partial charge in [-0.2, -0.15) is 0 Å². The number of nitrogens with one attached hydrogen (secondary N) is 2. The Balaban J connectivity index is 2.77. The van der Waals surface area contributed by atoms with Gasteiger partial charge in [-0.1, -0.05) is 12.1 Å². The highest BCUT2D eigenvalue weighted by Gasteiger charge is 2.24. The largest absolute Gasteiger partial charge is 0.341 e. The first-order valence-corrected chi connectivity index (χ1v) is 8.67. The number of carbonyl (C=O) groups excluding carboxylic acids is 2. The number of benzene rings is 1. The second-order valence-electron chi connectivity index (χ2n) is 4.33. The molecule has 1 rings (SSSR count). The van der Waals surface area contributed by atoms with Crippen LogP contribution in [0.5, 0.6) is 0 Å². The van der Waals surface area contributed by atoms with E-state index in [-0.39, 0.29) is 6.16 Å². The van der Waals surface area contributed by atoms with Gasteiger partial charge in [0.2, 0.25) is 0 Å². The number of hydrogen-bond acceptors (Lipinski definition) is 5. The predicted molar refractivity (Wildman–Crippen MR) is 82.9 cm³/mol. The molecule has 0 fully saturated rings. The first-order chi connectivity index (χ1) is 10.4. The zero-order valence-corrected chi connectivity index (χ0v) is 13.8. The van der Waals surface area contributed by atoms with E-state index in [4.69, 9.17) is 9.05 Å². The molecule has 8 heteroatoms. The summed E-state index contributed by atoms with van der Waals surface area (Å²) in [6.07, 6.45) is 0.131. The van der Waals surface area contributed by atoms with Gasteiger partial charge in [0.05, 0.1) is 19.4 Å². The quantitative estimate of drug-likeness (QED) is 0.750. The van der Waals surface area contributed by atoms with Gasteiger partial charge in [-0.25, -0.2) is 4.79 Å². The van der Waals surface area contributed by atoms with Crippen molar-refractivity contribution in [3.05, 3.63) is 35.4 Å². The van der Waals surface area contributed by atoms with Crippen molar-refractivity contribution in [3.63, 3.8) is 0 Å². The fraction of sp³-hybridized carbons (Fsp3) is 0.429. The molecule has 7 nitrogen and oxygen atoms in total. The van der Waals surface area contributed by atoms with Crippen molar-refractivity contribution in [1.82, 2.24) is 10.6 Å². The van der Waals surface area contributed by atoms with Gasteiger partial charge in [0.15, 0.2) is 0 Å². The molecule has 0 aliphatic rings. The number of amides is 3. The van der Waals surface area contributed by atoms with Gasteiger partial charge in [-0.15, -0.1) is 0 Å². The highest BCUT2D eigenvalue weighted by Crippen LogP contribution is 2.51. The average Bonchev–Trinajstić information content (AvgIpc) is 2.48. The normalized spacial score (nSPS) is 11.0. The van der Waals surface area contributed by atoms with Crippen LogP contribution in [0.15, 0.2) is 24.3 Å². The molecule has 122 valence electrons. The van der Waals surface area contributed by atoms with Gasteiger partial charge >= 0.3 is 13.6 Å². The van der Waals surface area contributed by atoms with E-state index in [2.05, 4.69) is 10.6 Å². The van der Waals surface area contributed by atoms with E-state index in [0.29, 0.717) is 18.8 Å². The topological polar surface area (TPSA) is 93.7 Å². The third-order valence-corrected chi connectivity index (χ3v) is 4.75. The molecule has 22 heavy (non-hydrogen) atoms. The first-order valence-electron chi connectivity index (χ1n) is 6.94. The Morgan fingerprint density at radius 2 is 1.64 bits per heavy atom. The van der Waals surface area contributed by atoms with Gasteiger partial charge in [-0.3, -0.25) is 14.7 Å². The molecule has 0 spiro atoms. The zero-order chi connectivity index (χ0) is 16.6. The van der Waals surface area contributed by atoms with Gasteiger partial charge in [0, 0.05) is 12.6 Å². The smallest absolute Gasteiger partial charge is 0.335 e. The first kappa shape index (κ1) is 18.4. The van der Waals surface area contributed by atoms with Crippen molar-refractivity contribution >= 4 is 19.5 Å². The molecule has 0 aromatic heterocycles. The lowest BCUT2D eigenvalue weighted by molar-refractivity contribution is 0.0964. The van der Waals surface area contributed by atoms with E-state index < -0.39 is 19.5 Å². The summed E-state index contributed by atoms with van der Waals surface area (Å²) in [5.74, 6) is -0.510. The lowest BCUT2D eigenvalue weighted by atomic mass is 10.1. The highest BCUT2D eigenvalue weighted by atomic mass is 31.2.